The fraction of sp³-hybridized carbons (Fsp3) is 0.656. The van der Waals surface area contributed by atoms with Crippen LogP contribution in [-0.4, -0.2) is 64.9 Å². The molecule has 1 aromatic carbocycles. The van der Waals surface area contributed by atoms with E-state index in [0.29, 0.717) is 48.7 Å². The molecular formula is C32H46N6O5. The van der Waals surface area contributed by atoms with Gasteiger partial charge in [-0.15, -0.1) is 0 Å². The number of likely N-dealkylation sites (tertiary alicyclic amines) is 1. The van der Waals surface area contributed by atoms with Crippen LogP contribution in [0.15, 0.2) is 28.8 Å². The van der Waals surface area contributed by atoms with Crippen LogP contribution in [0.1, 0.15) is 97.0 Å². The van der Waals surface area contributed by atoms with Crippen LogP contribution in [0.2, 0.25) is 0 Å². The number of ether oxygens (including phenoxy) is 2. The fourth-order valence-corrected chi connectivity index (χ4v) is 5.65. The minimum absolute atomic E-state index is 0.246. The van der Waals surface area contributed by atoms with Gasteiger partial charge in [-0.2, -0.15) is 10.2 Å². The van der Waals surface area contributed by atoms with Crippen LogP contribution in [0.3, 0.4) is 0 Å². The monoisotopic (exact) mass is 594 g/mol. The number of nitriles is 1. The third kappa shape index (κ3) is 8.62. The Kier molecular flexibility index (Phi) is 10.5. The lowest BCUT2D eigenvalue weighted by atomic mass is 9.84. The molecule has 43 heavy (non-hydrogen) atoms. The maximum atomic E-state index is 13.5. The van der Waals surface area contributed by atoms with Crippen molar-refractivity contribution in [1.82, 2.24) is 20.4 Å². The van der Waals surface area contributed by atoms with Gasteiger partial charge in [0.2, 0.25) is 0 Å². The fourth-order valence-electron chi connectivity index (χ4n) is 5.65. The van der Waals surface area contributed by atoms with E-state index in [1.54, 1.807) is 37.8 Å². The summed E-state index contributed by atoms with van der Waals surface area (Å²) in [6, 6.07) is 8.57. The maximum Gasteiger partial charge on any atom is 0.408 e. The van der Waals surface area contributed by atoms with E-state index in [2.05, 4.69) is 47.2 Å². The SMILES string of the molecule is CC(C)c1noc(N2CCC([C@H](C)CCOc3ccc([C@H](NC(=O)OC(C)(C)C)C(=O)N4CCCC4C#N)cc3)CC2)n1. The molecule has 2 aliphatic rings. The number of nitrogens with one attached hydrogen (secondary N) is 1. The van der Waals surface area contributed by atoms with Crippen molar-refractivity contribution in [2.24, 2.45) is 11.8 Å². The zero-order chi connectivity index (χ0) is 31.1. The number of rotatable bonds is 10. The summed E-state index contributed by atoms with van der Waals surface area (Å²) in [4.78, 5) is 34.4. The molecule has 2 amide bonds. The summed E-state index contributed by atoms with van der Waals surface area (Å²) < 4.78 is 17.0. The van der Waals surface area contributed by atoms with Gasteiger partial charge in [0, 0.05) is 25.6 Å². The molecule has 1 N–H and O–H groups in total. The lowest BCUT2D eigenvalue weighted by Crippen LogP contribution is -2.45. The van der Waals surface area contributed by atoms with Crippen LogP contribution in [0.25, 0.3) is 0 Å². The summed E-state index contributed by atoms with van der Waals surface area (Å²) in [7, 11) is 0. The van der Waals surface area contributed by atoms with Crippen LogP contribution in [0.5, 0.6) is 5.75 Å². The van der Waals surface area contributed by atoms with Crippen molar-refractivity contribution >= 4 is 18.0 Å². The van der Waals surface area contributed by atoms with E-state index in [4.69, 9.17) is 14.0 Å². The number of anilines is 1. The van der Waals surface area contributed by atoms with Gasteiger partial charge in [0.25, 0.3) is 5.91 Å². The Hall–Kier alpha value is -3.81. The van der Waals surface area contributed by atoms with Gasteiger partial charge in [-0.3, -0.25) is 4.79 Å². The number of carbonyl (C=O) groups is 2. The number of aromatic nitrogens is 2. The van der Waals surface area contributed by atoms with Gasteiger partial charge in [-0.1, -0.05) is 38.1 Å². The van der Waals surface area contributed by atoms with Crippen LogP contribution in [0.4, 0.5) is 10.8 Å². The molecule has 11 heteroatoms. The number of carbonyl (C=O) groups excluding carboxylic acids is 2. The summed E-state index contributed by atoms with van der Waals surface area (Å²) >= 11 is 0. The Bertz CT molecular complexity index is 1260. The first kappa shape index (κ1) is 32.1. The molecule has 1 unspecified atom stereocenters. The lowest BCUT2D eigenvalue weighted by molar-refractivity contribution is -0.133. The molecule has 2 fully saturated rings. The number of piperidine rings is 1. The van der Waals surface area contributed by atoms with Gasteiger partial charge >= 0.3 is 12.1 Å². The highest BCUT2D eigenvalue weighted by molar-refractivity contribution is 5.87. The minimum Gasteiger partial charge on any atom is -0.494 e. The lowest BCUT2D eigenvalue weighted by Gasteiger charge is -2.33. The van der Waals surface area contributed by atoms with Crippen molar-refractivity contribution in [3.05, 3.63) is 35.7 Å². The second-order valence-corrected chi connectivity index (χ2v) is 13.0. The Morgan fingerprint density at radius 3 is 2.42 bits per heavy atom. The summed E-state index contributed by atoms with van der Waals surface area (Å²) in [5, 5.41) is 16.3. The zero-order valence-electron chi connectivity index (χ0n) is 26.3. The molecule has 0 saturated carbocycles. The first-order chi connectivity index (χ1) is 20.4. The molecule has 4 rings (SSSR count). The second-order valence-electron chi connectivity index (χ2n) is 13.0. The average molecular weight is 595 g/mol. The van der Waals surface area contributed by atoms with E-state index >= 15 is 0 Å². The number of hydrogen-bond acceptors (Lipinski definition) is 9. The average Bonchev–Trinajstić information content (AvgIpc) is 3.66. The van der Waals surface area contributed by atoms with Crippen molar-refractivity contribution in [2.75, 3.05) is 31.1 Å². The van der Waals surface area contributed by atoms with Crippen molar-refractivity contribution in [1.29, 1.82) is 5.26 Å². The molecule has 2 aliphatic heterocycles. The molecule has 0 spiro atoms. The zero-order valence-corrected chi connectivity index (χ0v) is 26.3. The molecule has 0 aliphatic carbocycles. The third-order valence-corrected chi connectivity index (χ3v) is 8.21. The maximum absolute atomic E-state index is 13.5. The van der Waals surface area contributed by atoms with Crippen LogP contribution in [0, 0.1) is 23.2 Å². The van der Waals surface area contributed by atoms with Gasteiger partial charge in [-0.25, -0.2) is 4.79 Å². The highest BCUT2D eigenvalue weighted by atomic mass is 16.6. The first-order valence-electron chi connectivity index (χ1n) is 15.5. The van der Waals surface area contributed by atoms with Gasteiger partial charge in [0.05, 0.1) is 12.7 Å². The molecular weight excluding hydrogens is 548 g/mol. The second kappa shape index (κ2) is 14.1. The first-order valence-corrected chi connectivity index (χ1v) is 15.5. The Morgan fingerprint density at radius 1 is 1.12 bits per heavy atom. The van der Waals surface area contributed by atoms with Crippen LogP contribution >= 0.6 is 0 Å². The molecule has 0 radical (unpaired) electrons. The van der Waals surface area contributed by atoms with Gasteiger partial charge in [0.1, 0.15) is 23.4 Å². The molecule has 1 aromatic heterocycles. The Labute approximate surface area is 254 Å². The quantitative estimate of drug-likeness (QED) is 0.373. The van der Waals surface area contributed by atoms with Gasteiger partial charge in [0.15, 0.2) is 5.82 Å². The van der Waals surface area contributed by atoms with Crippen molar-refractivity contribution < 1.29 is 23.6 Å². The van der Waals surface area contributed by atoms with E-state index in [1.807, 2.05) is 12.1 Å². The summed E-state index contributed by atoms with van der Waals surface area (Å²) in [6.45, 7) is 14.6. The molecule has 0 bridgehead atoms. The number of alkyl carbamates (subject to hydrolysis) is 1. The highest BCUT2D eigenvalue weighted by Crippen LogP contribution is 2.30. The minimum atomic E-state index is -0.965. The molecule has 3 atom stereocenters. The topological polar surface area (TPSA) is 134 Å². The van der Waals surface area contributed by atoms with Crippen molar-refractivity contribution in [3.63, 3.8) is 0 Å². The molecule has 11 nitrogen and oxygen atoms in total. The highest BCUT2D eigenvalue weighted by Gasteiger charge is 2.35. The molecule has 234 valence electrons. The number of nitrogens with zero attached hydrogens (tertiary/aromatic N) is 5. The van der Waals surface area contributed by atoms with Crippen LogP contribution < -0.4 is 15.0 Å². The van der Waals surface area contributed by atoms with Crippen molar-refractivity contribution in [2.45, 2.75) is 97.2 Å². The third-order valence-electron chi connectivity index (χ3n) is 8.21. The van der Waals surface area contributed by atoms with E-state index in [9.17, 15) is 14.9 Å². The van der Waals surface area contributed by atoms with E-state index < -0.39 is 23.8 Å². The molecule has 2 saturated heterocycles. The number of amides is 2. The van der Waals surface area contributed by atoms with E-state index in [0.717, 1.165) is 44.6 Å². The summed E-state index contributed by atoms with van der Waals surface area (Å²) in [5.41, 5.74) is -0.105. The van der Waals surface area contributed by atoms with Crippen molar-refractivity contribution in [3.8, 4) is 11.8 Å². The number of hydrogen-bond donors (Lipinski definition) is 1. The van der Waals surface area contributed by atoms with E-state index in [-0.39, 0.29) is 11.8 Å². The van der Waals surface area contributed by atoms with E-state index in [1.165, 1.54) is 0 Å². The van der Waals surface area contributed by atoms with Gasteiger partial charge in [-0.05, 0) is 82.4 Å². The largest absolute Gasteiger partial charge is 0.494 e. The Morgan fingerprint density at radius 2 is 1.81 bits per heavy atom. The normalized spacial score (nSPS) is 19.2. The predicted molar refractivity (Wildman–Crippen MR) is 162 cm³/mol. The Balaban J connectivity index is 1.30. The summed E-state index contributed by atoms with van der Waals surface area (Å²) in [6.07, 6.45) is 3.76. The smallest absolute Gasteiger partial charge is 0.408 e. The summed E-state index contributed by atoms with van der Waals surface area (Å²) in [5.74, 6) is 2.48. The molecule has 3 heterocycles. The number of benzene rings is 1. The predicted octanol–water partition coefficient (Wildman–Crippen LogP) is 5.59. The van der Waals surface area contributed by atoms with Crippen LogP contribution in [-0.2, 0) is 9.53 Å². The molecule has 2 aromatic rings. The van der Waals surface area contributed by atoms with Gasteiger partial charge < -0.3 is 29.1 Å². The standard InChI is InChI=1S/C32H46N6O5/c1-21(2)28-35-30(43-36-28)37-17-13-23(14-18-37)22(3)15-19-41-26-11-9-24(10-12-26)27(34-31(40)42-32(4,5)6)29(39)38-16-7-8-25(38)20-33/h9-12,21-23,25,27H,7-8,13-19H2,1-6H3,(H,34,40)/t22-,25?,27+/m1/s1.